The summed E-state index contributed by atoms with van der Waals surface area (Å²) in [6.07, 6.45) is 0. The van der Waals surface area contributed by atoms with Gasteiger partial charge in [0.15, 0.2) is 0 Å². The zero-order valence-corrected chi connectivity index (χ0v) is 17.1. The monoisotopic (exact) mass is 395 g/mol. The van der Waals surface area contributed by atoms with E-state index in [1.807, 2.05) is 39.0 Å². The summed E-state index contributed by atoms with van der Waals surface area (Å²) in [7, 11) is 0. The number of aryl methyl sites for hydroxylation is 4. The highest BCUT2D eigenvalue weighted by molar-refractivity contribution is 6.30. The minimum atomic E-state index is -0.286. The van der Waals surface area contributed by atoms with Gasteiger partial charge in [0.25, 0.3) is 5.56 Å². The molecule has 0 aliphatic carbocycles. The van der Waals surface area contributed by atoms with Gasteiger partial charge in [-0.25, -0.2) is 4.98 Å². The molecule has 0 bridgehead atoms. The molecular formula is C22H22ClN3O2. The van der Waals surface area contributed by atoms with Crippen molar-refractivity contribution in [2.24, 2.45) is 0 Å². The number of carbonyl (C=O) groups is 1. The molecule has 28 heavy (non-hydrogen) atoms. The molecule has 1 heterocycles. The number of hydrogen-bond donors (Lipinski definition) is 1. The molecule has 0 saturated heterocycles. The molecule has 0 aliphatic heterocycles. The molecule has 1 aromatic heterocycles. The molecule has 3 aromatic rings. The smallest absolute Gasteiger partial charge is 0.254 e. The van der Waals surface area contributed by atoms with Gasteiger partial charge in [0.05, 0.1) is 0 Å². The molecule has 1 N–H and O–H groups in total. The van der Waals surface area contributed by atoms with Gasteiger partial charge in [0.2, 0.25) is 5.91 Å². The number of aromatic nitrogens is 2. The second-order valence-corrected chi connectivity index (χ2v) is 7.41. The number of amides is 1. The SMILES string of the molecule is Cc1cc(C)c(NC(=O)Cn2c(-c3cccc(Cl)c3)nc(C)cc2=O)c(C)c1. The Morgan fingerprint density at radius 3 is 2.39 bits per heavy atom. The summed E-state index contributed by atoms with van der Waals surface area (Å²) >= 11 is 6.09. The van der Waals surface area contributed by atoms with Crippen LogP contribution in [0.1, 0.15) is 22.4 Å². The largest absolute Gasteiger partial charge is 0.324 e. The van der Waals surface area contributed by atoms with E-state index in [0.29, 0.717) is 22.1 Å². The van der Waals surface area contributed by atoms with Crippen molar-refractivity contribution in [3.63, 3.8) is 0 Å². The van der Waals surface area contributed by atoms with Crippen LogP contribution < -0.4 is 10.9 Å². The van der Waals surface area contributed by atoms with Crippen LogP contribution in [0.25, 0.3) is 11.4 Å². The first-order valence-electron chi connectivity index (χ1n) is 8.96. The molecule has 1 amide bonds. The zero-order chi connectivity index (χ0) is 20.4. The van der Waals surface area contributed by atoms with E-state index in [4.69, 9.17) is 11.6 Å². The highest BCUT2D eigenvalue weighted by Crippen LogP contribution is 2.23. The molecule has 5 nitrogen and oxygen atoms in total. The van der Waals surface area contributed by atoms with Crippen molar-refractivity contribution in [2.75, 3.05) is 5.32 Å². The van der Waals surface area contributed by atoms with E-state index in [1.54, 1.807) is 25.1 Å². The van der Waals surface area contributed by atoms with Crippen molar-refractivity contribution < 1.29 is 4.79 Å². The maximum Gasteiger partial charge on any atom is 0.254 e. The third-order valence-corrected chi connectivity index (χ3v) is 4.70. The molecule has 0 saturated carbocycles. The van der Waals surface area contributed by atoms with E-state index in [0.717, 1.165) is 22.4 Å². The zero-order valence-electron chi connectivity index (χ0n) is 16.3. The van der Waals surface area contributed by atoms with Crippen LogP contribution in [0, 0.1) is 27.7 Å². The average molecular weight is 396 g/mol. The maximum absolute atomic E-state index is 12.7. The molecule has 0 fully saturated rings. The number of halogens is 1. The van der Waals surface area contributed by atoms with Gasteiger partial charge in [0, 0.05) is 28.0 Å². The summed E-state index contributed by atoms with van der Waals surface area (Å²) in [4.78, 5) is 29.8. The van der Waals surface area contributed by atoms with Crippen LogP contribution in [0.3, 0.4) is 0 Å². The molecule has 6 heteroatoms. The van der Waals surface area contributed by atoms with Gasteiger partial charge in [-0.05, 0) is 51.0 Å². The molecular weight excluding hydrogens is 374 g/mol. The Morgan fingerprint density at radius 1 is 1.07 bits per heavy atom. The van der Waals surface area contributed by atoms with Gasteiger partial charge >= 0.3 is 0 Å². The van der Waals surface area contributed by atoms with Gasteiger partial charge in [-0.2, -0.15) is 0 Å². The number of rotatable bonds is 4. The Kier molecular flexibility index (Phi) is 5.66. The van der Waals surface area contributed by atoms with Gasteiger partial charge in [0.1, 0.15) is 12.4 Å². The lowest BCUT2D eigenvalue weighted by atomic mass is 10.1. The van der Waals surface area contributed by atoms with Crippen molar-refractivity contribution in [3.8, 4) is 11.4 Å². The van der Waals surface area contributed by atoms with E-state index < -0.39 is 0 Å². The highest BCUT2D eigenvalue weighted by atomic mass is 35.5. The van der Waals surface area contributed by atoms with E-state index in [9.17, 15) is 9.59 Å². The van der Waals surface area contributed by atoms with Crippen LogP contribution in [-0.2, 0) is 11.3 Å². The summed E-state index contributed by atoms with van der Waals surface area (Å²) in [6, 6.07) is 12.5. The van der Waals surface area contributed by atoms with Crippen LogP contribution in [0.4, 0.5) is 5.69 Å². The van der Waals surface area contributed by atoms with Crippen LogP contribution in [-0.4, -0.2) is 15.5 Å². The third kappa shape index (κ3) is 4.31. The minimum Gasteiger partial charge on any atom is -0.324 e. The number of nitrogens with zero attached hydrogens (tertiary/aromatic N) is 2. The molecule has 0 radical (unpaired) electrons. The molecule has 0 aliphatic rings. The average Bonchev–Trinajstić information content (AvgIpc) is 2.60. The van der Waals surface area contributed by atoms with Gasteiger partial charge in [-0.15, -0.1) is 0 Å². The van der Waals surface area contributed by atoms with Gasteiger partial charge < -0.3 is 5.32 Å². The topological polar surface area (TPSA) is 64.0 Å². The van der Waals surface area contributed by atoms with Gasteiger partial charge in [-0.1, -0.05) is 41.4 Å². The van der Waals surface area contributed by atoms with E-state index >= 15 is 0 Å². The van der Waals surface area contributed by atoms with Crippen molar-refractivity contribution in [1.82, 2.24) is 9.55 Å². The number of hydrogen-bond acceptors (Lipinski definition) is 3. The number of nitrogens with one attached hydrogen (secondary N) is 1. The third-order valence-electron chi connectivity index (χ3n) is 4.46. The Morgan fingerprint density at radius 2 is 1.75 bits per heavy atom. The van der Waals surface area contributed by atoms with Crippen molar-refractivity contribution >= 4 is 23.2 Å². The molecule has 3 rings (SSSR count). The number of benzene rings is 2. The summed E-state index contributed by atoms with van der Waals surface area (Å²) in [6.45, 7) is 7.53. The van der Waals surface area contributed by atoms with Gasteiger partial charge in [-0.3, -0.25) is 14.2 Å². The fourth-order valence-electron chi connectivity index (χ4n) is 3.32. The summed E-state index contributed by atoms with van der Waals surface area (Å²) < 4.78 is 1.37. The van der Waals surface area contributed by atoms with E-state index in [2.05, 4.69) is 10.3 Å². The fraction of sp³-hybridized carbons (Fsp3) is 0.227. The summed E-state index contributed by atoms with van der Waals surface area (Å²) in [5, 5.41) is 3.47. The predicted octanol–water partition coefficient (Wildman–Crippen LogP) is 4.44. The first kappa shape index (κ1) is 19.8. The Hall–Kier alpha value is -2.92. The van der Waals surface area contributed by atoms with Crippen LogP contribution >= 0.6 is 11.6 Å². The first-order valence-corrected chi connectivity index (χ1v) is 9.34. The van der Waals surface area contributed by atoms with Crippen LogP contribution in [0.15, 0.2) is 47.3 Å². The Balaban J connectivity index is 1.97. The quantitative estimate of drug-likeness (QED) is 0.710. The highest BCUT2D eigenvalue weighted by Gasteiger charge is 2.15. The van der Waals surface area contributed by atoms with E-state index in [1.165, 1.54) is 10.6 Å². The number of anilines is 1. The van der Waals surface area contributed by atoms with Crippen LogP contribution in [0.2, 0.25) is 5.02 Å². The number of carbonyl (C=O) groups excluding carboxylic acids is 1. The maximum atomic E-state index is 12.7. The fourth-order valence-corrected chi connectivity index (χ4v) is 3.51. The normalized spacial score (nSPS) is 10.8. The summed E-state index contributed by atoms with van der Waals surface area (Å²) in [5.74, 6) is 0.131. The van der Waals surface area contributed by atoms with Crippen molar-refractivity contribution in [1.29, 1.82) is 0 Å². The Labute approximate surface area is 169 Å². The standard InChI is InChI=1S/C22H22ClN3O2/c1-13-8-14(2)21(15(3)9-13)25-19(27)12-26-20(28)10-16(4)24-22(26)17-6-5-7-18(23)11-17/h5-11H,12H2,1-4H3,(H,25,27). The lowest BCUT2D eigenvalue weighted by Crippen LogP contribution is -2.30. The minimum absolute atomic E-state index is 0.138. The molecule has 144 valence electrons. The van der Waals surface area contributed by atoms with E-state index in [-0.39, 0.29) is 18.0 Å². The second kappa shape index (κ2) is 7.98. The molecule has 0 unspecified atom stereocenters. The van der Waals surface area contributed by atoms with Crippen molar-refractivity contribution in [3.05, 3.63) is 80.2 Å². The molecule has 0 spiro atoms. The lowest BCUT2D eigenvalue weighted by molar-refractivity contribution is -0.116. The Bertz CT molecular complexity index is 1100. The lowest BCUT2D eigenvalue weighted by Gasteiger charge is -2.15. The summed E-state index contributed by atoms with van der Waals surface area (Å²) in [5.41, 5.74) is 4.86. The van der Waals surface area contributed by atoms with Crippen molar-refractivity contribution in [2.45, 2.75) is 34.2 Å². The van der Waals surface area contributed by atoms with Crippen LogP contribution in [0.5, 0.6) is 0 Å². The second-order valence-electron chi connectivity index (χ2n) is 6.98. The molecule has 2 aromatic carbocycles. The first-order chi connectivity index (χ1) is 13.2. The predicted molar refractivity (Wildman–Crippen MR) is 113 cm³/mol. The molecule has 0 atom stereocenters.